The van der Waals surface area contributed by atoms with Gasteiger partial charge in [0.25, 0.3) is 9.84 Å². The molecule has 0 spiro atoms. The highest BCUT2D eigenvalue weighted by Gasteiger charge is 2.76. The van der Waals surface area contributed by atoms with Crippen LogP contribution in [0.4, 0.5) is 13.2 Å². The SMILES string of the molecule is O=[N+]([O-])[C@@]12c3no[n+]([O-])c3C=C(S(=O)(=O)C(F)(F)F)[C@@H]1[C@H]1C=C[C@@H]2C1. The van der Waals surface area contributed by atoms with E-state index < -0.39 is 59.9 Å². The van der Waals surface area contributed by atoms with E-state index in [1.54, 1.807) is 0 Å². The van der Waals surface area contributed by atoms with Gasteiger partial charge in [0.2, 0.25) is 5.69 Å². The zero-order valence-corrected chi connectivity index (χ0v) is 12.8. The predicted molar refractivity (Wildman–Crippen MR) is 71.3 cm³/mol. The molecule has 0 aromatic carbocycles. The molecule has 0 aliphatic heterocycles. The fraction of sp³-hybridized carbons (Fsp3) is 0.500. The molecule has 1 fully saturated rings. The van der Waals surface area contributed by atoms with Crippen LogP contribution in [0.15, 0.2) is 21.7 Å². The van der Waals surface area contributed by atoms with Crippen molar-refractivity contribution in [3.63, 3.8) is 0 Å². The third kappa shape index (κ3) is 1.66. The Hall–Kier alpha value is -2.44. The van der Waals surface area contributed by atoms with E-state index in [4.69, 9.17) is 0 Å². The Bertz CT molecular complexity index is 965. The van der Waals surface area contributed by atoms with E-state index in [-0.39, 0.29) is 11.3 Å². The van der Waals surface area contributed by atoms with Crippen LogP contribution in [0.1, 0.15) is 17.8 Å². The third-order valence-electron chi connectivity index (χ3n) is 5.11. The van der Waals surface area contributed by atoms with E-state index >= 15 is 0 Å². The lowest BCUT2D eigenvalue weighted by molar-refractivity contribution is -0.803. The number of hydrogen-bond acceptors (Lipinski definition) is 7. The summed E-state index contributed by atoms with van der Waals surface area (Å²) in [6.07, 6.45) is 3.48. The van der Waals surface area contributed by atoms with Crippen LogP contribution in [0, 0.1) is 33.1 Å². The molecule has 1 saturated carbocycles. The minimum Gasteiger partial charge on any atom is -0.359 e. The van der Waals surface area contributed by atoms with Gasteiger partial charge in [0.05, 0.1) is 16.7 Å². The Morgan fingerprint density at radius 3 is 2.68 bits per heavy atom. The standard InChI is InChI=1S/C12H8F3N3O6S/c13-12(14,15)25(22,23)8-4-7-10(16-24-17(7)19)11(18(20)21)6-2-1-5(3-6)9(8)11/h1-2,4-6,9H,3H2/t5-,6+,9-,11+/m0/s1. The van der Waals surface area contributed by atoms with Gasteiger partial charge >= 0.3 is 16.7 Å². The Labute approximate surface area is 137 Å². The fourth-order valence-electron chi connectivity index (χ4n) is 4.20. The minimum atomic E-state index is -5.88. The number of fused-ring (bicyclic) bond motifs is 7. The van der Waals surface area contributed by atoms with E-state index in [0.29, 0.717) is 6.08 Å². The first-order chi connectivity index (χ1) is 11.5. The molecule has 1 aromatic heterocycles. The lowest BCUT2D eigenvalue weighted by Crippen LogP contribution is -2.51. The van der Waals surface area contributed by atoms with Crippen LogP contribution in [0.5, 0.6) is 0 Å². The van der Waals surface area contributed by atoms with Gasteiger partial charge in [-0.3, -0.25) is 14.7 Å². The summed E-state index contributed by atoms with van der Waals surface area (Å²) in [4.78, 5) is 9.54. The summed E-state index contributed by atoms with van der Waals surface area (Å²) < 4.78 is 67.7. The molecule has 0 saturated heterocycles. The van der Waals surface area contributed by atoms with Crippen LogP contribution >= 0.6 is 0 Å². The molecular weight excluding hydrogens is 371 g/mol. The number of allylic oxidation sites excluding steroid dienone is 1. The Morgan fingerprint density at radius 1 is 1.40 bits per heavy atom. The molecular formula is C12H8F3N3O6S. The van der Waals surface area contributed by atoms with Crippen molar-refractivity contribution in [2.75, 3.05) is 0 Å². The summed E-state index contributed by atoms with van der Waals surface area (Å²) in [5, 5.41) is 27.0. The van der Waals surface area contributed by atoms with Crippen LogP contribution in [0.3, 0.4) is 0 Å². The van der Waals surface area contributed by atoms with Crippen molar-refractivity contribution in [1.29, 1.82) is 0 Å². The molecule has 1 heterocycles. The van der Waals surface area contributed by atoms with Gasteiger partial charge in [-0.1, -0.05) is 12.2 Å². The van der Waals surface area contributed by atoms with E-state index in [1.807, 2.05) is 0 Å². The lowest BCUT2D eigenvalue weighted by Gasteiger charge is -2.34. The second-order valence-electron chi connectivity index (χ2n) is 6.11. The third-order valence-corrected chi connectivity index (χ3v) is 6.71. The van der Waals surface area contributed by atoms with Gasteiger partial charge in [0, 0.05) is 16.2 Å². The van der Waals surface area contributed by atoms with E-state index in [1.165, 1.54) is 12.2 Å². The highest BCUT2D eigenvalue weighted by Crippen LogP contribution is 2.63. The Kier molecular flexibility index (Phi) is 2.82. The smallest absolute Gasteiger partial charge is 0.359 e. The first kappa shape index (κ1) is 16.1. The molecule has 4 rings (SSSR count). The number of aromatic nitrogens is 2. The minimum absolute atomic E-state index is 0.0848. The molecule has 134 valence electrons. The monoisotopic (exact) mass is 379 g/mol. The number of nitrogens with zero attached hydrogens (tertiary/aromatic N) is 3. The molecule has 3 aliphatic rings. The van der Waals surface area contributed by atoms with Crippen molar-refractivity contribution in [2.24, 2.45) is 17.8 Å². The molecule has 2 bridgehead atoms. The first-order valence-corrected chi connectivity index (χ1v) is 8.47. The molecule has 0 N–H and O–H groups in total. The topological polar surface area (TPSA) is 130 Å². The Morgan fingerprint density at radius 2 is 2.08 bits per heavy atom. The maximum Gasteiger partial charge on any atom is 0.501 e. The predicted octanol–water partition coefficient (Wildman–Crippen LogP) is 0.891. The van der Waals surface area contributed by atoms with E-state index in [2.05, 4.69) is 9.79 Å². The summed E-state index contributed by atoms with van der Waals surface area (Å²) in [6, 6.07) is 0. The average Bonchev–Trinajstić information content (AvgIpc) is 3.19. The van der Waals surface area contributed by atoms with Gasteiger partial charge in [-0.25, -0.2) is 8.42 Å². The molecule has 4 atom stereocenters. The molecule has 9 nitrogen and oxygen atoms in total. The van der Waals surface area contributed by atoms with Crippen LogP contribution in [-0.2, 0) is 15.4 Å². The van der Waals surface area contributed by atoms with Crippen molar-refractivity contribution in [3.05, 3.63) is 43.8 Å². The van der Waals surface area contributed by atoms with Gasteiger partial charge < -0.3 is 5.21 Å². The van der Waals surface area contributed by atoms with Gasteiger partial charge in [-0.05, 0) is 17.2 Å². The van der Waals surface area contributed by atoms with Crippen molar-refractivity contribution < 1.29 is 36.0 Å². The summed E-state index contributed by atoms with van der Waals surface area (Å²) in [6.45, 7) is 0. The van der Waals surface area contributed by atoms with Gasteiger partial charge in [0.1, 0.15) is 0 Å². The second kappa shape index (κ2) is 4.39. The number of hydrogen-bond donors (Lipinski definition) is 0. The van der Waals surface area contributed by atoms with Crippen LogP contribution in [-0.4, -0.2) is 24.0 Å². The molecule has 0 radical (unpaired) electrons. The van der Waals surface area contributed by atoms with Crippen LogP contribution in [0.2, 0.25) is 0 Å². The quantitative estimate of drug-likeness (QED) is 0.323. The van der Waals surface area contributed by atoms with Crippen molar-refractivity contribution >= 4 is 15.9 Å². The molecule has 13 heteroatoms. The largest absolute Gasteiger partial charge is 0.501 e. The number of nitro groups is 1. The normalized spacial score (nSPS) is 33.1. The maximum atomic E-state index is 13.1. The molecule has 25 heavy (non-hydrogen) atoms. The first-order valence-electron chi connectivity index (χ1n) is 6.99. The zero-order valence-electron chi connectivity index (χ0n) is 12.0. The van der Waals surface area contributed by atoms with Crippen molar-refractivity contribution in [1.82, 2.24) is 5.16 Å². The van der Waals surface area contributed by atoms with Gasteiger partial charge in [-0.15, -0.1) is 0 Å². The van der Waals surface area contributed by atoms with Crippen molar-refractivity contribution in [3.8, 4) is 0 Å². The van der Waals surface area contributed by atoms with Gasteiger partial charge in [0.15, 0.2) is 0 Å². The fourth-order valence-corrected chi connectivity index (χ4v) is 5.42. The highest BCUT2D eigenvalue weighted by molar-refractivity contribution is 7.96. The van der Waals surface area contributed by atoms with E-state index in [9.17, 15) is 36.9 Å². The molecule has 0 amide bonds. The summed E-state index contributed by atoms with van der Waals surface area (Å²) in [5.41, 5.74) is -9.09. The molecule has 0 unspecified atom stereocenters. The summed E-state index contributed by atoms with van der Waals surface area (Å²) in [5.74, 6) is -3.29. The van der Waals surface area contributed by atoms with Gasteiger partial charge in [-0.2, -0.15) is 13.2 Å². The Balaban J connectivity index is 2.09. The number of rotatable bonds is 2. The zero-order chi connectivity index (χ0) is 18.4. The molecule has 3 aliphatic carbocycles. The average molecular weight is 379 g/mol. The summed E-state index contributed by atoms with van der Waals surface area (Å²) in [7, 11) is -5.88. The molecule has 1 aromatic rings. The number of sulfone groups is 1. The summed E-state index contributed by atoms with van der Waals surface area (Å²) >= 11 is 0. The van der Waals surface area contributed by atoms with Crippen molar-refractivity contribution in [2.45, 2.75) is 17.5 Å². The van der Waals surface area contributed by atoms with E-state index in [0.717, 1.165) is 0 Å². The highest BCUT2D eigenvalue weighted by atomic mass is 32.2. The van der Waals surface area contributed by atoms with Crippen LogP contribution < -0.4 is 4.90 Å². The van der Waals surface area contributed by atoms with Crippen LogP contribution in [0.25, 0.3) is 6.08 Å². The number of halogens is 3. The maximum absolute atomic E-state index is 13.1. The second-order valence-corrected chi connectivity index (χ2v) is 8.05. The lowest BCUT2D eigenvalue weighted by atomic mass is 9.70. The number of alkyl halides is 3.